The summed E-state index contributed by atoms with van der Waals surface area (Å²) in [5.74, 6) is 3.05. The van der Waals surface area contributed by atoms with Crippen LogP contribution in [0.1, 0.15) is 84.5 Å². The molecule has 0 heterocycles. The van der Waals surface area contributed by atoms with Crippen molar-refractivity contribution in [3.05, 3.63) is 24.3 Å². The summed E-state index contributed by atoms with van der Waals surface area (Å²) in [6, 6.07) is 0. The van der Waals surface area contributed by atoms with Gasteiger partial charge in [0.15, 0.2) is 0 Å². The summed E-state index contributed by atoms with van der Waals surface area (Å²) in [4.78, 5) is 0. The van der Waals surface area contributed by atoms with E-state index in [1.54, 1.807) is 0 Å². The smallest absolute Gasteiger partial charge is 0.140 e. The van der Waals surface area contributed by atoms with Gasteiger partial charge in [-0.15, -0.1) is 6.42 Å². The van der Waals surface area contributed by atoms with Gasteiger partial charge in [-0.05, 0) is 38.0 Å². The van der Waals surface area contributed by atoms with Crippen LogP contribution < -0.4 is 0 Å². The van der Waals surface area contributed by atoms with E-state index >= 15 is 0 Å². The molecule has 0 aromatic heterocycles. The Morgan fingerprint density at radius 2 is 1.50 bits per heavy atom. The Balaban J connectivity index is 2.71. The predicted octanol–water partition coefficient (Wildman–Crippen LogP) is 7.07. The Morgan fingerprint density at radius 3 is 1.96 bits per heavy atom. The van der Waals surface area contributed by atoms with Gasteiger partial charge in [0.1, 0.15) is 6.54 Å². The molecule has 0 aromatic rings. The zero-order chi connectivity index (χ0) is 19.1. The van der Waals surface area contributed by atoms with Crippen LogP contribution in [0.25, 0.3) is 0 Å². The van der Waals surface area contributed by atoms with E-state index in [0.29, 0.717) is 0 Å². The van der Waals surface area contributed by atoms with Crippen molar-refractivity contribution in [1.29, 1.82) is 0 Å². The van der Waals surface area contributed by atoms with Crippen LogP contribution in [0.3, 0.4) is 0 Å². The van der Waals surface area contributed by atoms with Crippen molar-refractivity contribution in [1.82, 2.24) is 0 Å². The second-order valence-electron chi connectivity index (χ2n) is 8.16. The third-order valence-corrected chi connectivity index (χ3v) is 6.74. The van der Waals surface area contributed by atoms with E-state index < -0.39 is 0 Å². The Morgan fingerprint density at radius 1 is 0.923 bits per heavy atom. The van der Waals surface area contributed by atoms with Gasteiger partial charge >= 0.3 is 0 Å². The maximum Gasteiger partial charge on any atom is 0.140 e. The van der Waals surface area contributed by atoms with Gasteiger partial charge in [-0.1, -0.05) is 99.3 Å². The predicted molar refractivity (Wildman–Crippen MR) is 126 cm³/mol. The summed E-state index contributed by atoms with van der Waals surface area (Å²) in [6.45, 7) is 9.16. The lowest BCUT2D eigenvalue weighted by Crippen LogP contribution is -2.55. The molecular formula is C24H41IN+. The summed E-state index contributed by atoms with van der Waals surface area (Å²) in [6.07, 6.45) is 29.6. The lowest BCUT2D eigenvalue weighted by atomic mass is 9.97. The fraction of sp³-hybridized carbons (Fsp3) is 0.750. The molecule has 1 atom stereocenters. The normalized spacial score (nSPS) is 19.6. The lowest BCUT2D eigenvalue weighted by Gasteiger charge is -2.42. The van der Waals surface area contributed by atoms with Gasteiger partial charge in [0, 0.05) is 0 Å². The molecule has 2 heteroatoms. The van der Waals surface area contributed by atoms with Crippen molar-refractivity contribution in [3.63, 3.8) is 0 Å². The average Bonchev–Trinajstić information content (AvgIpc) is 2.62. The third-order valence-electron chi connectivity index (χ3n) is 5.60. The van der Waals surface area contributed by atoms with Crippen LogP contribution in [0.15, 0.2) is 24.3 Å². The minimum Gasteiger partial charge on any atom is -0.312 e. The van der Waals surface area contributed by atoms with Crippen molar-refractivity contribution < 1.29 is 4.48 Å². The molecule has 0 aromatic carbocycles. The number of allylic oxidation sites excluding steroid dienone is 3. The van der Waals surface area contributed by atoms with Crippen molar-refractivity contribution >= 4 is 22.6 Å². The highest BCUT2D eigenvalue weighted by Gasteiger charge is 2.36. The Bertz CT molecular complexity index is 445. The molecule has 0 fully saturated rings. The van der Waals surface area contributed by atoms with E-state index in [1.807, 2.05) is 0 Å². The minimum atomic E-state index is 0.232. The highest BCUT2D eigenvalue weighted by Crippen LogP contribution is 2.33. The molecule has 1 nitrogen and oxygen atoms in total. The third kappa shape index (κ3) is 9.60. The molecule has 0 radical (unpaired) electrons. The highest BCUT2D eigenvalue weighted by atomic mass is 127. The number of rotatable bonds is 15. The molecule has 0 amide bonds. The number of terminal acetylenes is 1. The number of halogens is 1. The number of nitrogens with zero attached hydrogens (tertiary/aromatic N) is 1. The first kappa shape index (κ1) is 23.8. The first-order chi connectivity index (χ1) is 12.6. The van der Waals surface area contributed by atoms with Crippen LogP contribution in [0.5, 0.6) is 0 Å². The summed E-state index contributed by atoms with van der Waals surface area (Å²) in [5, 5.41) is 0. The van der Waals surface area contributed by atoms with Gasteiger partial charge in [0.25, 0.3) is 0 Å². The van der Waals surface area contributed by atoms with E-state index in [0.717, 1.165) is 17.4 Å². The molecule has 26 heavy (non-hydrogen) atoms. The molecule has 0 spiro atoms. The van der Waals surface area contributed by atoms with Crippen molar-refractivity contribution in [3.8, 4) is 12.3 Å². The average molecular weight is 471 g/mol. The largest absolute Gasteiger partial charge is 0.312 e. The van der Waals surface area contributed by atoms with Crippen molar-refractivity contribution in [2.24, 2.45) is 0 Å². The van der Waals surface area contributed by atoms with E-state index in [4.69, 9.17) is 6.42 Å². The quantitative estimate of drug-likeness (QED) is 0.0790. The fourth-order valence-electron chi connectivity index (χ4n) is 4.09. The van der Waals surface area contributed by atoms with Crippen molar-refractivity contribution in [2.75, 3.05) is 26.2 Å². The standard InChI is InChI=1S/C24H41IN/c1-4-7-9-11-16-21-26(20-6-3,22-17-12-10-8-5-2)23-24(25)18-14-13-15-19-24/h3,13-15,18H,4-5,7-12,16-17,19-23H2,1-2H3/q+1. The van der Waals surface area contributed by atoms with Crippen LogP contribution >= 0.6 is 22.6 Å². The molecule has 1 rings (SSSR count). The van der Waals surface area contributed by atoms with E-state index in [-0.39, 0.29) is 3.42 Å². The van der Waals surface area contributed by atoms with Crippen LogP contribution in [-0.4, -0.2) is 34.1 Å². The molecule has 1 unspecified atom stereocenters. The second kappa shape index (κ2) is 13.8. The van der Waals surface area contributed by atoms with Crippen LogP contribution in [-0.2, 0) is 0 Å². The highest BCUT2D eigenvalue weighted by molar-refractivity contribution is 14.1. The van der Waals surface area contributed by atoms with E-state index in [9.17, 15) is 0 Å². The zero-order valence-corrected chi connectivity index (χ0v) is 19.5. The molecule has 0 N–H and O–H groups in total. The van der Waals surface area contributed by atoms with E-state index in [2.05, 4.69) is 66.7 Å². The topological polar surface area (TPSA) is 0 Å². The lowest BCUT2D eigenvalue weighted by molar-refractivity contribution is -0.922. The Hall–Kier alpha value is -0.270. The first-order valence-electron chi connectivity index (χ1n) is 10.9. The molecule has 1 aliphatic carbocycles. The molecular weight excluding hydrogens is 429 g/mol. The molecule has 0 aliphatic heterocycles. The van der Waals surface area contributed by atoms with Gasteiger partial charge < -0.3 is 4.48 Å². The van der Waals surface area contributed by atoms with Crippen LogP contribution in [0, 0.1) is 12.3 Å². The monoisotopic (exact) mass is 470 g/mol. The SMILES string of the molecule is C#CC[N+](CCCCCCC)(CCCCCCC)CC1(I)C=CC=CC1. The maximum absolute atomic E-state index is 5.87. The molecule has 0 saturated heterocycles. The zero-order valence-electron chi connectivity index (χ0n) is 17.3. The summed E-state index contributed by atoms with van der Waals surface area (Å²) in [7, 11) is 0. The molecule has 0 bridgehead atoms. The van der Waals surface area contributed by atoms with E-state index in [1.165, 1.54) is 83.8 Å². The van der Waals surface area contributed by atoms with Gasteiger partial charge in [0.05, 0.1) is 23.1 Å². The van der Waals surface area contributed by atoms with Gasteiger partial charge in [0.2, 0.25) is 0 Å². The number of alkyl halides is 1. The number of hydrogen-bond donors (Lipinski definition) is 0. The Labute approximate surface area is 177 Å². The van der Waals surface area contributed by atoms with Crippen LogP contribution in [0.2, 0.25) is 0 Å². The fourth-order valence-corrected chi connectivity index (χ4v) is 5.28. The first-order valence-corrected chi connectivity index (χ1v) is 12.0. The van der Waals surface area contributed by atoms with Crippen LogP contribution in [0.4, 0.5) is 0 Å². The molecule has 148 valence electrons. The summed E-state index contributed by atoms with van der Waals surface area (Å²) in [5.41, 5.74) is 0. The van der Waals surface area contributed by atoms with Gasteiger partial charge in [-0.2, -0.15) is 0 Å². The second-order valence-corrected chi connectivity index (χ2v) is 10.3. The molecule has 1 aliphatic rings. The summed E-state index contributed by atoms with van der Waals surface area (Å²) < 4.78 is 1.35. The maximum atomic E-state index is 5.87. The van der Waals surface area contributed by atoms with Gasteiger partial charge in [-0.3, -0.25) is 0 Å². The Kier molecular flexibility index (Phi) is 12.6. The number of quaternary nitrogens is 1. The minimum absolute atomic E-state index is 0.232. The molecule has 0 saturated carbocycles. The van der Waals surface area contributed by atoms with Gasteiger partial charge in [-0.25, -0.2) is 0 Å². The number of unbranched alkanes of at least 4 members (excludes halogenated alkanes) is 8. The summed E-state index contributed by atoms with van der Waals surface area (Å²) >= 11 is 2.68. The number of hydrogen-bond acceptors (Lipinski definition) is 0. The van der Waals surface area contributed by atoms with Crippen molar-refractivity contribution in [2.45, 2.75) is 87.9 Å².